The molecule has 160 valence electrons. The zero-order valence-corrected chi connectivity index (χ0v) is 17.7. The van der Waals surface area contributed by atoms with Gasteiger partial charge >= 0.3 is 11.9 Å². The lowest BCUT2D eigenvalue weighted by Gasteiger charge is -2.23. The SMILES string of the molecule is CC(C)(C)OC(=O)C[C@@H](Cc1ccc(-c2ccccc2)cc1)NC(=O)CCC(=O)O. The molecule has 1 amide bonds. The van der Waals surface area contributed by atoms with Gasteiger partial charge in [-0.25, -0.2) is 0 Å². The minimum atomic E-state index is -1.04. The zero-order valence-electron chi connectivity index (χ0n) is 17.7. The van der Waals surface area contributed by atoms with E-state index in [-0.39, 0.29) is 19.3 Å². The van der Waals surface area contributed by atoms with Crippen LogP contribution in [0.15, 0.2) is 54.6 Å². The number of carbonyl (C=O) groups excluding carboxylic acids is 2. The number of rotatable bonds is 9. The van der Waals surface area contributed by atoms with E-state index in [1.54, 1.807) is 20.8 Å². The molecule has 0 spiro atoms. The molecule has 2 rings (SSSR count). The second-order valence-electron chi connectivity index (χ2n) is 8.22. The molecule has 0 bridgehead atoms. The zero-order chi connectivity index (χ0) is 22.1. The molecule has 6 nitrogen and oxygen atoms in total. The monoisotopic (exact) mass is 411 g/mol. The highest BCUT2D eigenvalue weighted by atomic mass is 16.6. The summed E-state index contributed by atoms with van der Waals surface area (Å²) in [5.74, 6) is -1.84. The number of carboxylic acids is 1. The highest BCUT2D eigenvalue weighted by Gasteiger charge is 2.22. The minimum Gasteiger partial charge on any atom is -0.481 e. The Balaban J connectivity index is 2.07. The first-order chi connectivity index (χ1) is 14.1. The Kier molecular flexibility index (Phi) is 8.16. The maximum atomic E-state index is 12.3. The van der Waals surface area contributed by atoms with E-state index < -0.39 is 29.5 Å². The Morgan fingerprint density at radius 2 is 1.53 bits per heavy atom. The average molecular weight is 411 g/mol. The summed E-state index contributed by atoms with van der Waals surface area (Å²) in [5.41, 5.74) is 2.53. The number of carbonyl (C=O) groups is 3. The third kappa shape index (κ3) is 8.47. The third-order valence-electron chi connectivity index (χ3n) is 4.31. The van der Waals surface area contributed by atoms with E-state index in [0.29, 0.717) is 6.42 Å². The fourth-order valence-corrected chi connectivity index (χ4v) is 3.03. The average Bonchev–Trinajstić information content (AvgIpc) is 2.66. The highest BCUT2D eigenvalue weighted by Crippen LogP contribution is 2.20. The molecule has 0 unspecified atom stereocenters. The predicted octanol–water partition coefficient (Wildman–Crippen LogP) is 3.98. The van der Waals surface area contributed by atoms with Crippen LogP contribution in [0.5, 0.6) is 0 Å². The van der Waals surface area contributed by atoms with Crippen LogP contribution in [0.1, 0.15) is 45.6 Å². The van der Waals surface area contributed by atoms with Crippen molar-refractivity contribution in [2.45, 2.75) is 58.1 Å². The van der Waals surface area contributed by atoms with Gasteiger partial charge in [-0.1, -0.05) is 54.6 Å². The molecule has 1 atom stereocenters. The molecule has 0 heterocycles. The van der Waals surface area contributed by atoms with E-state index >= 15 is 0 Å². The molecule has 6 heteroatoms. The lowest BCUT2D eigenvalue weighted by Crippen LogP contribution is -2.39. The summed E-state index contributed by atoms with van der Waals surface area (Å²) >= 11 is 0. The van der Waals surface area contributed by atoms with E-state index in [4.69, 9.17) is 9.84 Å². The number of amides is 1. The van der Waals surface area contributed by atoms with E-state index in [1.165, 1.54) is 0 Å². The fourth-order valence-electron chi connectivity index (χ4n) is 3.03. The van der Waals surface area contributed by atoms with Crippen molar-refractivity contribution in [3.05, 3.63) is 60.2 Å². The first-order valence-electron chi connectivity index (χ1n) is 10.00. The van der Waals surface area contributed by atoms with Crippen LogP contribution in [0.2, 0.25) is 0 Å². The number of esters is 1. The van der Waals surface area contributed by atoms with Gasteiger partial charge in [0.05, 0.1) is 12.8 Å². The number of ether oxygens (including phenoxy) is 1. The quantitative estimate of drug-likeness (QED) is 0.609. The lowest BCUT2D eigenvalue weighted by molar-refractivity contribution is -0.155. The Hall–Kier alpha value is -3.15. The van der Waals surface area contributed by atoms with E-state index in [0.717, 1.165) is 16.7 Å². The Bertz CT molecular complexity index is 853. The van der Waals surface area contributed by atoms with Gasteiger partial charge in [0, 0.05) is 12.5 Å². The van der Waals surface area contributed by atoms with Gasteiger partial charge in [-0.05, 0) is 43.9 Å². The van der Waals surface area contributed by atoms with E-state index in [9.17, 15) is 14.4 Å². The van der Waals surface area contributed by atoms with Crippen LogP contribution in [0, 0.1) is 0 Å². The summed E-state index contributed by atoms with van der Waals surface area (Å²) in [6, 6.07) is 17.4. The van der Waals surface area contributed by atoms with Crippen molar-refractivity contribution < 1.29 is 24.2 Å². The van der Waals surface area contributed by atoms with Crippen molar-refractivity contribution in [2.24, 2.45) is 0 Å². The van der Waals surface area contributed by atoms with Crippen molar-refractivity contribution in [3.8, 4) is 11.1 Å². The largest absolute Gasteiger partial charge is 0.481 e. The molecule has 30 heavy (non-hydrogen) atoms. The number of nitrogens with one attached hydrogen (secondary N) is 1. The maximum Gasteiger partial charge on any atom is 0.308 e. The first kappa shape index (κ1) is 23.1. The van der Waals surface area contributed by atoms with Crippen molar-refractivity contribution in [3.63, 3.8) is 0 Å². The Morgan fingerprint density at radius 3 is 2.10 bits per heavy atom. The molecule has 0 aromatic heterocycles. The first-order valence-corrected chi connectivity index (χ1v) is 10.00. The van der Waals surface area contributed by atoms with Crippen LogP contribution in [-0.2, 0) is 25.5 Å². The molecular formula is C24H29NO5. The molecule has 0 aliphatic carbocycles. The molecule has 0 radical (unpaired) electrons. The number of hydrogen-bond acceptors (Lipinski definition) is 4. The van der Waals surface area contributed by atoms with Crippen LogP contribution in [0.3, 0.4) is 0 Å². The molecule has 0 fully saturated rings. The van der Waals surface area contributed by atoms with Gasteiger partial charge in [0.2, 0.25) is 5.91 Å². The van der Waals surface area contributed by atoms with Crippen molar-refractivity contribution in [2.75, 3.05) is 0 Å². The molecule has 2 aromatic carbocycles. The predicted molar refractivity (Wildman–Crippen MR) is 115 cm³/mol. The van der Waals surface area contributed by atoms with Gasteiger partial charge in [-0.3, -0.25) is 14.4 Å². The normalized spacial score (nSPS) is 12.1. The summed E-state index contributed by atoms with van der Waals surface area (Å²) < 4.78 is 5.38. The fraction of sp³-hybridized carbons (Fsp3) is 0.375. The number of carboxylic acid groups (broad SMARTS) is 1. The van der Waals surface area contributed by atoms with Crippen molar-refractivity contribution >= 4 is 17.8 Å². The highest BCUT2D eigenvalue weighted by molar-refractivity contribution is 5.81. The van der Waals surface area contributed by atoms with Crippen LogP contribution >= 0.6 is 0 Å². The summed E-state index contributed by atoms with van der Waals surface area (Å²) in [5, 5.41) is 11.6. The molecular weight excluding hydrogens is 382 g/mol. The smallest absolute Gasteiger partial charge is 0.308 e. The summed E-state index contributed by atoms with van der Waals surface area (Å²) in [7, 11) is 0. The molecule has 0 saturated heterocycles. The van der Waals surface area contributed by atoms with Crippen molar-refractivity contribution in [1.82, 2.24) is 5.32 Å². The number of hydrogen-bond donors (Lipinski definition) is 2. The van der Waals surface area contributed by atoms with Gasteiger partial charge in [-0.2, -0.15) is 0 Å². The second kappa shape index (κ2) is 10.6. The molecule has 2 aromatic rings. The second-order valence-corrected chi connectivity index (χ2v) is 8.22. The minimum absolute atomic E-state index is 0.0104. The van der Waals surface area contributed by atoms with Crippen LogP contribution in [-0.4, -0.2) is 34.6 Å². The number of benzene rings is 2. The number of aliphatic carboxylic acids is 1. The van der Waals surface area contributed by atoms with Crippen LogP contribution in [0.25, 0.3) is 11.1 Å². The molecule has 2 N–H and O–H groups in total. The van der Waals surface area contributed by atoms with Gasteiger partial charge in [0.1, 0.15) is 5.60 Å². The molecule has 0 aliphatic rings. The van der Waals surface area contributed by atoms with Gasteiger partial charge in [-0.15, -0.1) is 0 Å². The van der Waals surface area contributed by atoms with Gasteiger partial charge in [0.25, 0.3) is 0 Å². The van der Waals surface area contributed by atoms with Gasteiger partial charge in [0.15, 0.2) is 0 Å². The van der Waals surface area contributed by atoms with E-state index in [2.05, 4.69) is 5.32 Å². The van der Waals surface area contributed by atoms with Gasteiger partial charge < -0.3 is 15.2 Å². The lowest BCUT2D eigenvalue weighted by atomic mass is 9.99. The summed E-state index contributed by atoms with van der Waals surface area (Å²) in [6.45, 7) is 5.36. The Labute approximate surface area is 177 Å². The topological polar surface area (TPSA) is 92.7 Å². The standard InChI is InChI=1S/C24H29NO5/c1-24(2,3)30-23(29)16-20(25-21(26)13-14-22(27)28)15-17-9-11-19(12-10-17)18-7-5-4-6-8-18/h4-12,20H,13-16H2,1-3H3,(H,25,26)(H,27,28)/t20-/m1/s1. The molecule has 0 saturated carbocycles. The van der Waals surface area contributed by atoms with Crippen LogP contribution < -0.4 is 5.32 Å². The third-order valence-corrected chi connectivity index (χ3v) is 4.31. The molecule has 0 aliphatic heterocycles. The Morgan fingerprint density at radius 1 is 0.933 bits per heavy atom. The summed E-state index contributed by atoms with van der Waals surface area (Å²) in [4.78, 5) is 35.1. The van der Waals surface area contributed by atoms with Crippen molar-refractivity contribution in [1.29, 1.82) is 0 Å². The van der Waals surface area contributed by atoms with E-state index in [1.807, 2.05) is 54.6 Å². The van der Waals surface area contributed by atoms with Crippen LogP contribution in [0.4, 0.5) is 0 Å². The summed E-state index contributed by atoms with van der Waals surface area (Å²) in [6.07, 6.45) is 0.0630. The maximum absolute atomic E-state index is 12.3.